The molecule has 0 aliphatic carbocycles. The van der Waals surface area contributed by atoms with Crippen molar-refractivity contribution in [1.82, 2.24) is 0 Å². The third-order valence-corrected chi connectivity index (χ3v) is 2.12. The van der Waals surface area contributed by atoms with Crippen LogP contribution in [-0.4, -0.2) is 21.7 Å². The van der Waals surface area contributed by atoms with Crippen LogP contribution < -0.4 is 5.73 Å². The highest BCUT2D eigenvalue weighted by Crippen LogP contribution is 2.34. The molecule has 0 saturated heterocycles. The lowest BCUT2D eigenvalue weighted by atomic mass is 10.0. The van der Waals surface area contributed by atoms with Gasteiger partial charge in [-0.05, 0) is 12.5 Å². The van der Waals surface area contributed by atoms with Gasteiger partial charge < -0.3 is 15.9 Å². The number of halogens is 1. The molecule has 1 rings (SSSR count). The number of nitrogens with zero attached hydrogens (tertiary/aromatic N) is 1. The van der Waals surface area contributed by atoms with Gasteiger partial charge in [0.15, 0.2) is 5.75 Å². The van der Waals surface area contributed by atoms with Crippen molar-refractivity contribution in [1.29, 1.82) is 0 Å². The summed E-state index contributed by atoms with van der Waals surface area (Å²) in [6.45, 7) is -0.259. The summed E-state index contributed by atoms with van der Waals surface area (Å²) in [6.07, 6.45) is 0.0775. The Hall–Kier alpha value is -1.73. The zero-order valence-electron chi connectivity index (χ0n) is 8.26. The van der Waals surface area contributed by atoms with E-state index in [0.29, 0.717) is 6.07 Å². The Morgan fingerprint density at radius 3 is 2.69 bits per heavy atom. The average molecular weight is 230 g/mol. The average Bonchev–Trinajstić information content (AvgIpc) is 2.20. The van der Waals surface area contributed by atoms with E-state index in [-0.39, 0.29) is 18.6 Å². The van der Waals surface area contributed by atoms with Crippen molar-refractivity contribution in [2.75, 3.05) is 6.61 Å². The van der Waals surface area contributed by atoms with Gasteiger partial charge in [0.25, 0.3) is 0 Å². The van der Waals surface area contributed by atoms with Gasteiger partial charge in [-0.25, -0.2) is 4.39 Å². The van der Waals surface area contributed by atoms with Crippen molar-refractivity contribution in [3.8, 4) is 5.75 Å². The van der Waals surface area contributed by atoms with E-state index in [2.05, 4.69) is 0 Å². The first-order valence-electron chi connectivity index (χ1n) is 4.50. The Morgan fingerprint density at radius 1 is 1.56 bits per heavy atom. The van der Waals surface area contributed by atoms with Gasteiger partial charge in [-0.3, -0.25) is 10.1 Å². The molecule has 0 amide bonds. The van der Waals surface area contributed by atoms with E-state index in [9.17, 15) is 19.6 Å². The van der Waals surface area contributed by atoms with Gasteiger partial charge in [0.1, 0.15) is 5.82 Å². The summed E-state index contributed by atoms with van der Waals surface area (Å²) in [6, 6.07) is 0.687. The molecule has 0 radical (unpaired) electrons. The van der Waals surface area contributed by atoms with E-state index >= 15 is 0 Å². The van der Waals surface area contributed by atoms with Gasteiger partial charge in [-0.15, -0.1) is 0 Å². The number of aliphatic hydroxyl groups is 1. The van der Waals surface area contributed by atoms with E-state index in [1.165, 1.54) is 0 Å². The van der Waals surface area contributed by atoms with Crippen molar-refractivity contribution >= 4 is 5.69 Å². The van der Waals surface area contributed by atoms with Crippen molar-refractivity contribution in [3.63, 3.8) is 0 Å². The molecule has 0 bridgehead atoms. The second-order valence-corrected chi connectivity index (χ2v) is 3.24. The van der Waals surface area contributed by atoms with E-state index in [4.69, 9.17) is 10.8 Å². The second-order valence-electron chi connectivity index (χ2n) is 3.24. The molecule has 7 heteroatoms. The van der Waals surface area contributed by atoms with Gasteiger partial charge in [-0.1, -0.05) is 0 Å². The zero-order chi connectivity index (χ0) is 12.3. The molecule has 6 nitrogen and oxygen atoms in total. The molecule has 1 aromatic carbocycles. The van der Waals surface area contributed by atoms with Gasteiger partial charge in [0, 0.05) is 18.2 Å². The van der Waals surface area contributed by atoms with Crippen LogP contribution in [0, 0.1) is 15.9 Å². The van der Waals surface area contributed by atoms with E-state index in [1.54, 1.807) is 0 Å². The first-order chi connectivity index (χ1) is 7.47. The van der Waals surface area contributed by atoms with E-state index in [1.807, 2.05) is 0 Å². The number of nitro benzene ring substituents is 1. The first-order valence-corrected chi connectivity index (χ1v) is 4.50. The monoisotopic (exact) mass is 230 g/mol. The standard InChI is InChI=1S/C9H11FN2O4/c10-5-3-6(7(11)1-2-13)9(14)8(4-5)12(15)16/h3-4,7,13-14H,1-2,11H2/t7-/m0/s1. The minimum absolute atomic E-state index is 0.0775. The summed E-state index contributed by atoms with van der Waals surface area (Å²) in [5.74, 6) is -1.51. The highest BCUT2D eigenvalue weighted by atomic mass is 19.1. The highest BCUT2D eigenvalue weighted by molar-refractivity contribution is 5.52. The third kappa shape index (κ3) is 2.44. The number of hydrogen-bond donors (Lipinski definition) is 3. The minimum Gasteiger partial charge on any atom is -0.502 e. The largest absolute Gasteiger partial charge is 0.502 e. The lowest BCUT2D eigenvalue weighted by molar-refractivity contribution is -0.386. The molecule has 0 aliphatic rings. The van der Waals surface area contributed by atoms with Crippen LogP contribution in [0.25, 0.3) is 0 Å². The molecular formula is C9H11FN2O4. The van der Waals surface area contributed by atoms with Crippen molar-refractivity contribution in [2.45, 2.75) is 12.5 Å². The molecule has 0 aromatic heterocycles. The predicted octanol–water partition coefficient (Wildman–Crippen LogP) is 0.822. The molecule has 0 unspecified atom stereocenters. The number of phenolic OH excluding ortho intramolecular Hbond substituents is 1. The fourth-order valence-electron chi connectivity index (χ4n) is 1.32. The van der Waals surface area contributed by atoms with Crippen LogP contribution in [0.15, 0.2) is 12.1 Å². The number of aromatic hydroxyl groups is 1. The third-order valence-electron chi connectivity index (χ3n) is 2.12. The van der Waals surface area contributed by atoms with Gasteiger partial charge in [0.2, 0.25) is 0 Å². The molecule has 0 heterocycles. The molecule has 88 valence electrons. The highest BCUT2D eigenvalue weighted by Gasteiger charge is 2.22. The predicted molar refractivity (Wildman–Crippen MR) is 53.4 cm³/mol. The molecule has 0 aliphatic heterocycles. The van der Waals surface area contributed by atoms with E-state index < -0.39 is 28.2 Å². The van der Waals surface area contributed by atoms with Crippen LogP contribution in [0.5, 0.6) is 5.75 Å². The Balaban J connectivity index is 3.23. The Morgan fingerprint density at radius 2 is 2.19 bits per heavy atom. The van der Waals surface area contributed by atoms with Crippen LogP contribution >= 0.6 is 0 Å². The fourth-order valence-corrected chi connectivity index (χ4v) is 1.32. The van der Waals surface area contributed by atoms with Crippen LogP contribution in [0.2, 0.25) is 0 Å². The van der Waals surface area contributed by atoms with Gasteiger partial charge in [-0.2, -0.15) is 0 Å². The molecule has 0 saturated carbocycles. The quantitative estimate of drug-likeness (QED) is 0.524. The van der Waals surface area contributed by atoms with Crippen LogP contribution in [-0.2, 0) is 0 Å². The molecular weight excluding hydrogens is 219 g/mol. The molecule has 4 N–H and O–H groups in total. The number of rotatable bonds is 4. The Bertz CT molecular complexity index is 411. The summed E-state index contributed by atoms with van der Waals surface area (Å²) in [5.41, 5.74) is 4.72. The number of aliphatic hydroxyl groups excluding tert-OH is 1. The SMILES string of the molecule is N[C@@H](CCO)c1cc(F)cc([N+](=O)[O-])c1O. The fraction of sp³-hybridized carbons (Fsp3) is 0.333. The topological polar surface area (TPSA) is 110 Å². The summed E-state index contributed by atoms with van der Waals surface area (Å²) in [7, 11) is 0. The van der Waals surface area contributed by atoms with Crippen molar-refractivity contribution < 1.29 is 19.5 Å². The minimum atomic E-state index is -0.895. The number of benzene rings is 1. The lowest BCUT2D eigenvalue weighted by Gasteiger charge is -2.12. The van der Waals surface area contributed by atoms with Gasteiger partial charge in [0.05, 0.1) is 11.0 Å². The number of phenols is 1. The van der Waals surface area contributed by atoms with E-state index in [0.717, 1.165) is 6.07 Å². The second kappa shape index (κ2) is 4.86. The molecule has 0 fully saturated rings. The maximum Gasteiger partial charge on any atom is 0.313 e. The summed E-state index contributed by atoms with van der Waals surface area (Å²) < 4.78 is 13.0. The molecule has 16 heavy (non-hydrogen) atoms. The molecule has 1 atom stereocenters. The first kappa shape index (κ1) is 12.3. The van der Waals surface area contributed by atoms with Crippen LogP contribution in [0.4, 0.5) is 10.1 Å². The smallest absolute Gasteiger partial charge is 0.313 e. The van der Waals surface area contributed by atoms with Gasteiger partial charge >= 0.3 is 5.69 Å². The number of nitrogens with two attached hydrogens (primary N) is 1. The van der Waals surface area contributed by atoms with Crippen LogP contribution in [0.3, 0.4) is 0 Å². The number of nitro groups is 1. The lowest BCUT2D eigenvalue weighted by Crippen LogP contribution is -2.13. The van der Waals surface area contributed by atoms with Crippen molar-refractivity contribution in [2.24, 2.45) is 5.73 Å². The Labute approximate surface area is 90.3 Å². The molecule has 0 spiro atoms. The molecule has 1 aromatic rings. The Kier molecular flexibility index (Phi) is 3.75. The van der Waals surface area contributed by atoms with Crippen LogP contribution in [0.1, 0.15) is 18.0 Å². The summed E-state index contributed by atoms with van der Waals surface area (Å²) >= 11 is 0. The summed E-state index contributed by atoms with van der Waals surface area (Å²) in [4.78, 5) is 9.60. The normalized spacial score (nSPS) is 12.4. The van der Waals surface area contributed by atoms with Crippen molar-refractivity contribution in [3.05, 3.63) is 33.6 Å². The summed E-state index contributed by atoms with van der Waals surface area (Å²) in [5, 5.41) is 28.7. The maximum absolute atomic E-state index is 13.0. The maximum atomic E-state index is 13.0. The number of hydrogen-bond acceptors (Lipinski definition) is 5. The zero-order valence-corrected chi connectivity index (χ0v) is 8.26.